The first-order chi connectivity index (χ1) is 8.67. The van der Waals surface area contributed by atoms with Crippen LogP contribution in [0.2, 0.25) is 5.15 Å². The standard InChI is InChI=1S/C13H14ClFN2O/c1-2-3-12-11(8-18)13(14)17(16-12)10-6-4-9(15)5-7-10/h4-7,18H,2-3,8H2,1H3. The summed E-state index contributed by atoms with van der Waals surface area (Å²) in [5.74, 6) is -0.307. The summed E-state index contributed by atoms with van der Waals surface area (Å²) >= 11 is 6.19. The van der Waals surface area contributed by atoms with E-state index in [2.05, 4.69) is 5.10 Å². The normalized spacial score (nSPS) is 10.9. The van der Waals surface area contributed by atoms with Crippen molar-refractivity contribution in [1.29, 1.82) is 0 Å². The van der Waals surface area contributed by atoms with E-state index in [1.54, 1.807) is 12.1 Å². The highest BCUT2D eigenvalue weighted by Gasteiger charge is 2.15. The first-order valence-corrected chi connectivity index (χ1v) is 6.18. The molecule has 0 saturated carbocycles. The van der Waals surface area contributed by atoms with Gasteiger partial charge in [0.1, 0.15) is 11.0 Å². The van der Waals surface area contributed by atoms with Crippen LogP contribution in [0.5, 0.6) is 0 Å². The number of halogens is 2. The number of rotatable bonds is 4. The van der Waals surface area contributed by atoms with Gasteiger partial charge in [0.15, 0.2) is 0 Å². The average Bonchev–Trinajstić information content (AvgIpc) is 2.67. The number of benzene rings is 1. The van der Waals surface area contributed by atoms with Crippen molar-refractivity contribution in [3.63, 3.8) is 0 Å². The molecule has 0 atom stereocenters. The molecular weight excluding hydrogens is 255 g/mol. The van der Waals surface area contributed by atoms with Gasteiger partial charge in [0, 0.05) is 5.56 Å². The van der Waals surface area contributed by atoms with Gasteiger partial charge in [0.05, 0.1) is 18.0 Å². The number of aromatic nitrogens is 2. The summed E-state index contributed by atoms with van der Waals surface area (Å²) in [5, 5.41) is 14.1. The van der Waals surface area contributed by atoms with Crippen LogP contribution in [-0.2, 0) is 13.0 Å². The molecule has 1 aromatic heterocycles. The molecule has 96 valence electrons. The van der Waals surface area contributed by atoms with Crippen LogP contribution in [0.1, 0.15) is 24.6 Å². The molecule has 0 amide bonds. The molecule has 0 bridgehead atoms. The Balaban J connectivity index is 2.47. The van der Waals surface area contributed by atoms with Crippen molar-refractivity contribution < 1.29 is 9.50 Å². The lowest BCUT2D eigenvalue weighted by Crippen LogP contribution is -1.97. The molecule has 0 aliphatic heterocycles. The Morgan fingerprint density at radius 3 is 2.56 bits per heavy atom. The molecule has 0 saturated heterocycles. The van der Waals surface area contributed by atoms with Gasteiger partial charge in [-0.05, 0) is 30.7 Å². The van der Waals surface area contributed by atoms with Crippen molar-refractivity contribution in [3.05, 3.63) is 46.5 Å². The first-order valence-electron chi connectivity index (χ1n) is 5.80. The zero-order valence-electron chi connectivity index (χ0n) is 10.0. The van der Waals surface area contributed by atoms with E-state index in [9.17, 15) is 9.50 Å². The van der Waals surface area contributed by atoms with Crippen molar-refractivity contribution in [1.82, 2.24) is 9.78 Å². The quantitative estimate of drug-likeness (QED) is 0.925. The SMILES string of the molecule is CCCc1nn(-c2ccc(F)cc2)c(Cl)c1CO. The molecule has 1 N–H and O–H groups in total. The molecule has 2 rings (SSSR count). The Labute approximate surface area is 110 Å². The van der Waals surface area contributed by atoms with Crippen LogP contribution < -0.4 is 0 Å². The molecule has 0 radical (unpaired) electrons. The zero-order chi connectivity index (χ0) is 13.1. The number of hydrogen-bond acceptors (Lipinski definition) is 2. The molecule has 1 aromatic carbocycles. The Kier molecular flexibility index (Phi) is 3.99. The van der Waals surface area contributed by atoms with Crippen LogP contribution in [0.4, 0.5) is 4.39 Å². The maximum absolute atomic E-state index is 12.9. The van der Waals surface area contributed by atoms with Gasteiger partial charge in [0.25, 0.3) is 0 Å². The summed E-state index contributed by atoms with van der Waals surface area (Å²) in [4.78, 5) is 0. The minimum atomic E-state index is -0.307. The Hall–Kier alpha value is -1.39. The van der Waals surface area contributed by atoms with Crippen LogP contribution in [0.3, 0.4) is 0 Å². The number of hydrogen-bond donors (Lipinski definition) is 1. The molecule has 18 heavy (non-hydrogen) atoms. The van der Waals surface area contributed by atoms with E-state index in [0.29, 0.717) is 16.4 Å². The number of aliphatic hydroxyl groups excluding tert-OH is 1. The lowest BCUT2D eigenvalue weighted by Gasteiger charge is -2.02. The molecule has 0 fully saturated rings. The lowest BCUT2D eigenvalue weighted by molar-refractivity contribution is 0.280. The van der Waals surface area contributed by atoms with Gasteiger partial charge in [0.2, 0.25) is 0 Å². The van der Waals surface area contributed by atoms with Crippen molar-refractivity contribution in [2.24, 2.45) is 0 Å². The van der Waals surface area contributed by atoms with Gasteiger partial charge in [-0.3, -0.25) is 0 Å². The van der Waals surface area contributed by atoms with Crippen LogP contribution in [0.15, 0.2) is 24.3 Å². The molecule has 5 heteroatoms. The molecule has 0 unspecified atom stereocenters. The fraction of sp³-hybridized carbons (Fsp3) is 0.308. The summed E-state index contributed by atoms with van der Waals surface area (Å²) in [6, 6.07) is 5.91. The summed E-state index contributed by atoms with van der Waals surface area (Å²) in [6.07, 6.45) is 1.67. The third kappa shape index (κ3) is 2.40. The molecule has 0 aliphatic rings. The van der Waals surface area contributed by atoms with E-state index in [4.69, 9.17) is 11.6 Å². The van der Waals surface area contributed by atoms with Crippen LogP contribution in [0, 0.1) is 5.82 Å². The van der Waals surface area contributed by atoms with E-state index in [-0.39, 0.29) is 12.4 Å². The number of nitrogens with zero attached hydrogens (tertiary/aromatic N) is 2. The summed E-state index contributed by atoms with van der Waals surface area (Å²) in [6.45, 7) is 1.89. The minimum absolute atomic E-state index is 0.143. The molecule has 2 aromatic rings. The lowest BCUT2D eigenvalue weighted by atomic mass is 10.2. The zero-order valence-corrected chi connectivity index (χ0v) is 10.8. The first kappa shape index (κ1) is 13.1. The van der Waals surface area contributed by atoms with E-state index >= 15 is 0 Å². The van der Waals surface area contributed by atoms with E-state index in [0.717, 1.165) is 18.5 Å². The predicted molar refractivity (Wildman–Crippen MR) is 68.4 cm³/mol. The second kappa shape index (κ2) is 5.50. The monoisotopic (exact) mass is 268 g/mol. The van der Waals surface area contributed by atoms with Gasteiger partial charge < -0.3 is 5.11 Å². The van der Waals surface area contributed by atoms with E-state index in [1.165, 1.54) is 16.8 Å². The summed E-state index contributed by atoms with van der Waals surface area (Å²) in [7, 11) is 0. The third-order valence-corrected chi connectivity index (χ3v) is 3.11. The van der Waals surface area contributed by atoms with E-state index in [1.807, 2.05) is 6.92 Å². The second-order valence-electron chi connectivity index (χ2n) is 4.01. The summed E-state index contributed by atoms with van der Waals surface area (Å²) < 4.78 is 14.4. The summed E-state index contributed by atoms with van der Waals surface area (Å²) in [5.41, 5.74) is 2.11. The Morgan fingerprint density at radius 1 is 1.33 bits per heavy atom. The highest BCUT2D eigenvalue weighted by atomic mass is 35.5. The predicted octanol–water partition coefficient (Wildman–Crippen LogP) is 3.11. The van der Waals surface area contributed by atoms with Crippen molar-refractivity contribution in [2.75, 3.05) is 0 Å². The fourth-order valence-electron chi connectivity index (χ4n) is 1.82. The fourth-order valence-corrected chi connectivity index (χ4v) is 2.12. The van der Waals surface area contributed by atoms with Crippen LogP contribution >= 0.6 is 11.6 Å². The van der Waals surface area contributed by atoms with Crippen molar-refractivity contribution in [2.45, 2.75) is 26.4 Å². The average molecular weight is 269 g/mol. The third-order valence-electron chi connectivity index (χ3n) is 2.72. The van der Waals surface area contributed by atoms with Crippen LogP contribution in [-0.4, -0.2) is 14.9 Å². The van der Waals surface area contributed by atoms with Crippen molar-refractivity contribution in [3.8, 4) is 5.69 Å². The smallest absolute Gasteiger partial charge is 0.138 e. The minimum Gasteiger partial charge on any atom is -0.391 e. The van der Waals surface area contributed by atoms with Crippen LogP contribution in [0.25, 0.3) is 5.69 Å². The van der Waals surface area contributed by atoms with Gasteiger partial charge in [-0.25, -0.2) is 9.07 Å². The molecule has 1 heterocycles. The number of aliphatic hydroxyl groups is 1. The maximum Gasteiger partial charge on any atom is 0.138 e. The largest absolute Gasteiger partial charge is 0.391 e. The van der Waals surface area contributed by atoms with Gasteiger partial charge in [-0.2, -0.15) is 5.10 Å². The highest BCUT2D eigenvalue weighted by molar-refractivity contribution is 6.30. The van der Waals surface area contributed by atoms with Gasteiger partial charge in [-0.1, -0.05) is 24.9 Å². The Bertz CT molecular complexity index is 537. The number of aryl methyl sites for hydroxylation is 1. The topological polar surface area (TPSA) is 38.0 Å². The van der Waals surface area contributed by atoms with E-state index < -0.39 is 0 Å². The second-order valence-corrected chi connectivity index (χ2v) is 4.37. The molecule has 3 nitrogen and oxygen atoms in total. The molecule has 0 aliphatic carbocycles. The Morgan fingerprint density at radius 2 is 2.00 bits per heavy atom. The van der Waals surface area contributed by atoms with Gasteiger partial charge in [-0.15, -0.1) is 0 Å². The highest BCUT2D eigenvalue weighted by Crippen LogP contribution is 2.24. The maximum atomic E-state index is 12.9. The van der Waals surface area contributed by atoms with Crippen molar-refractivity contribution >= 4 is 11.6 Å². The van der Waals surface area contributed by atoms with Gasteiger partial charge >= 0.3 is 0 Å². The molecule has 0 spiro atoms. The molecular formula is C13H14ClFN2O.